The van der Waals surface area contributed by atoms with Crippen LogP contribution in [0.25, 0.3) is 22.2 Å². The van der Waals surface area contributed by atoms with Gasteiger partial charge >= 0.3 is 6.09 Å². The molecule has 9 heteroatoms. The van der Waals surface area contributed by atoms with Gasteiger partial charge in [0.1, 0.15) is 0 Å². The molecule has 3 aromatic rings. The number of nitrogens with zero attached hydrogens (tertiary/aromatic N) is 3. The van der Waals surface area contributed by atoms with Crippen molar-refractivity contribution < 1.29 is 23.8 Å². The van der Waals surface area contributed by atoms with Crippen LogP contribution in [0.3, 0.4) is 0 Å². The Bertz CT molecular complexity index is 1260. The van der Waals surface area contributed by atoms with E-state index in [1.807, 2.05) is 31.2 Å². The molecule has 5 rings (SSSR count). The van der Waals surface area contributed by atoms with Crippen LogP contribution in [-0.4, -0.2) is 66.4 Å². The lowest BCUT2D eigenvalue weighted by atomic mass is 10.1. The molecule has 1 aromatic heterocycles. The van der Waals surface area contributed by atoms with E-state index >= 15 is 0 Å². The summed E-state index contributed by atoms with van der Waals surface area (Å²) < 4.78 is 16.0. The molecule has 0 N–H and O–H groups in total. The van der Waals surface area contributed by atoms with Crippen molar-refractivity contribution in [1.29, 1.82) is 0 Å². The Morgan fingerprint density at radius 1 is 1.00 bits per heavy atom. The smallest absolute Gasteiger partial charge is 0.409 e. The molecular formula is C25H24ClN3O5. The molecule has 8 nitrogen and oxygen atoms in total. The Hall–Kier alpha value is -3.52. The first kappa shape index (κ1) is 22.3. The molecule has 0 atom stereocenters. The molecule has 0 spiro atoms. The lowest BCUT2D eigenvalue weighted by Crippen LogP contribution is -2.50. The van der Waals surface area contributed by atoms with E-state index in [0.717, 1.165) is 17.4 Å². The van der Waals surface area contributed by atoms with Gasteiger partial charge < -0.3 is 24.0 Å². The Kier molecular flexibility index (Phi) is 6.15. The molecule has 1 saturated heterocycles. The molecule has 2 aliphatic rings. The van der Waals surface area contributed by atoms with Crippen molar-refractivity contribution in [3.8, 4) is 22.8 Å². The molecule has 0 radical (unpaired) electrons. The number of aromatic nitrogens is 1. The minimum Gasteiger partial charge on any atom is -0.454 e. The molecule has 0 unspecified atom stereocenters. The van der Waals surface area contributed by atoms with E-state index < -0.39 is 0 Å². The minimum atomic E-state index is -0.324. The fraction of sp³-hybridized carbons (Fsp3) is 0.320. The van der Waals surface area contributed by atoms with Crippen molar-refractivity contribution >= 4 is 34.5 Å². The monoisotopic (exact) mass is 481 g/mol. The van der Waals surface area contributed by atoms with Gasteiger partial charge in [0.05, 0.1) is 22.8 Å². The van der Waals surface area contributed by atoms with Crippen LogP contribution in [0.15, 0.2) is 42.5 Å². The summed E-state index contributed by atoms with van der Waals surface area (Å²) in [4.78, 5) is 33.4. The Morgan fingerprint density at radius 2 is 1.76 bits per heavy atom. The van der Waals surface area contributed by atoms with Crippen LogP contribution in [-0.2, 0) is 4.74 Å². The number of amides is 2. The third kappa shape index (κ3) is 4.33. The molecule has 34 heavy (non-hydrogen) atoms. The summed E-state index contributed by atoms with van der Waals surface area (Å²) in [5.41, 5.74) is 2.68. The highest BCUT2D eigenvalue weighted by molar-refractivity contribution is 6.35. The van der Waals surface area contributed by atoms with Crippen molar-refractivity contribution in [2.45, 2.75) is 13.3 Å². The fourth-order valence-corrected chi connectivity index (χ4v) is 4.34. The van der Waals surface area contributed by atoms with Crippen molar-refractivity contribution in [2.24, 2.45) is 0 Å². The summed E-state index contributed by atoms with van der Waals surface area (Å²) >= 11 is 6.55. The molecular weight excluding hydrogens is 458 g/mol. The molecule has 2 aliphatic heterocycles. The first-order valence-corrected chi connectivity index (χ1v) is 11.6. The molecule has 2 amide bonds. The number of rotatable bonds is 4. The Balaban J connectivity index is 1.35. The summed E-state index contributed by atoms with van der Waals surface area (Å²) in [6.07, 6.45) is 0.454. The van der Waals surface area contributed by atoms with Gasteiger partial charge in [-0.15, -0.1) is 0 Å². The van der Waals surface area contributed by atoms with Gasteiger partial charge in [0.25, 0.3) is 5.91 Å². The van der Waals surface area contributed by atoms with E-state index in [2.05, 4.69) is 0 Å². The van der Waals surface area contributed by atoms with Gasteiger partial charge in [0.15, 0.2) is 11.5 Å². The number of pyridine rings is 1. The van der Waals surface area contributed by atoms with E-state index in [1.165, 1.54) is 0 Å². The standard InChI is InChI=1S/C25H24ClN3O5/c1-2-11-32-25(31)29-9-7-28(8-10-29)24(30)17-3-5-18-19(26)14-20(27-21(18)12-17)16-4-6-22-23(13-16)34-15-33-22/h3-6,12-14H,2,7-11,15H2,1H3. The normalized spacial score (nSPS) is 15.0. The van der Waals surface area contributed by atoms with Gasteiger partial charge in [-0.05, 0) is 42.8 Å². The zero-order valence-electron chi connectivity index (χ0n) is 18.8. The van der Waals surface area contributed by atoms with Crippen LogP contribution < -0.4 is 9.47 Å². The van der Waals surface area contributed by atoms with E-state index in [9.17, 15) is 9.59 Å². The van der Waals surface area contributed by atoms with Gasteiger partial charge in [-0.2, -0.15) is 0 Å². The highest BCUT2D eigenvalue weighted by Crippen LogP contribution is 2.37. The predicted octanol–water partition coefficient (Wildman–Crippen LogP) is 4.59. The second-order valence-electron chi connectivity index (χ2n) is 8.18. The zero-order chi connectivity index (χ0) is 23.7. The van der Waals surface area contributed by atoms with Gasteiger partial charge in [0.2, 0.25) is 6.79 Å². The number of benzene rings is 2. The summed E-state index contributed by atoms with van der Waals surface area (Å²) in [7, 11) is 0. The molecule has 1 fully saturated rings. The van der Waals surface area contributed by atoms with Crippen LogP contribution in [0.4, 0.5) is 4.79 Å². The van der Waals surface area contributed by atoms with Crippen molar-refractivity contribution in [3.05, 3.63) is 53.1 Å². The van der Waals surface area contributed by atoms with Crippen molar-refractivity contribution in [3.63, 3.8) is 0 Å². The molecule has 176 valence electrons. The first-order chi connectivity index (χ1) is 16.5. The second kappa shape index (κ2) is 9.38. The van der Waals surface area contributed by atoms with Crippen LogP contribution in [0.5, 0.6) is 11.5 Å². The first-order valence-electron chi connectivity index (χ1n) is 11.2. The number of carbonyl (C=O) groups is 2. The van der Waals surface area contributed by atoms with Gasteiger partial charge in [-0.1, -0.05) is 24.6 Å². The largest absolute Gasteiger partial charge is 0.454 e. The second-order valence-corrected chi connectivity index (χ2v) is 8.59. The zero-order valence-corrected chi connectivity index (χ0v) is 19.5. The lowest BCUT2D eigenvalue weighted by molar-refractivity contribution is 0.0560. The average molecular weight is 482 g/mol. The number of hydrogen-bond acceptors (Lipinski definition) is 6. The number of fused-ring (bicyclic) bond motifs is 2. The number of hydrogen-bond donors (Lipinski definition) is 0. The summed E-state index contributed by atoms with van der Waals surface area (Å²) in [5.74, 6) is 1.26. The van der Waals surface area contributed by atoms with E-state index in [0.29, 0.717) is 66.1 Å². The molecule has 0 aliphatic carbocycles. The minimum absolute atomic E-state index is 0.102. The summed E-state index contributed by atoms with van der Waals surface area (Å²) in [6.45, 7) is 4.34. The van der Waals surface area contributed by atoms with Crippen molar-refractivity contribution in [1.82, 2.24) is 14.8 Å². The van der Waals surface area contributed by atoms with Gasteiger partial charge in [0, 0.05) is 42.7 Å². The molecule has 0 bridgehead atoms. The maximum atomic E-state index is 13.2. The number of carbonyl (C=O) groups excluding carboxylic acids is 2. The van der Waals surface area contributed by atoms with Crippen LogP contribution >= 0.6 is 11.6 Å². The molecule has 0 saturated carbocycles. The quantitative estimate of drug-likeness (QED) is 0.542. The highest BCUT2D eigenvalue weighted by Gasteiger charge is 2.26. The third-order valence-electron chi connectivity index (χ3n) is 5.93. The molecule has 3 heterocycles. The fourth-order valence-electron chi connectivity index (χ4n) is 4.08. The van der Waals surface area contributed by atoms with Gasteiger partial charge in [-0.25, -0.2) is 9.78 Å². The third-order valence-corrected chi connectivity index (χ3v) is 6.24. The number of halogens is 1. The maximum absolute atomic E-state index is 13.2. The van der Waals surface area contributed by atoms with Gasteiger partial charge in [-0.3, -0.25) is 4.79 Å². The van der Waals surface area contributed by atoms with Crippen LogP contribution in [0.2, 0.25) is 5.02 Å². The predicted molar refractivity (Wildman–Crippen MR) is 127 cm³/mol. The average Bonchev–Trinajstić information content (AvgIpc) is 3.34. The highest BCUT2D eigenvalue weighted by atomic mass is 35.5. The number of ether oxygens (including phenoxy) is 3. The van der Waals surface area contributed by atoms with E-state index in [-0.39, 0.29) is 18.8 Å². The summed E-state index contributed by atoms with van der Waals surface area (Å²) in [5, 5.41) is 1.32. The van der Waals surface area contributed by atoms with Crippen LogP contribution in [0, 0.1) is 0 Å². The topological polar surface area (TPSA) is 81.2 Å². The maximum Gasteiger partial charge on any atom is 0.409 e. The molecule has 2 aromatic carbocycles. The SMILES string of the molecule is CCCOC(=O)N1CCN(C(=O)c2ccc3c(Cl)cc(-c4ccc5c(c4)OCO5)nc3c2)CC1. The van der Waals surface area contributed by atoms with E-state index in [4.69, 9.17) is 30.8 Å². The van der Waals surface area contributed by atoms with Crippen LogP contribution in [0.1, 0.15) is 23.7 Å². The Labute approximate surface area is 202 Å². The van der Waals surface area contributed by atoms with Crippen molar-refractivity contribution in [2.75, 3.05) is 39.6 Å². The summed E-state index contributed by atoms with van der Waals surface area (Å²) in [6, 6.07) is 12.8. The lowest BCUT2D eigenvalue weighted by Gasteiger charge is -2.34. The van der Waals surface area contributed by atoms with E-state index in [1.54, 1.807) is 28.0 Å². The number of piperazine rings is 1. The Morgan fingerprint density at radius 3 is 2.56 bits per heavy atom.